The first-order valence-electron chi connectivity index (χ1n) is 14.9. The molecule has 0 aromatic heterocycles. The average Bonchev–Trinajstić information content (AvgIpc) is 3.05. The summed E-state index contributed by atoms with van der Waals surface area (Å²) in [6, 6.07) is 31.4. The summed E-state index contributed by atoms with van der Waals surface area (Å²) >= 11 is 0. The number of carboxylic acids is 1. The molecule has 0 aliphatic heterocycles. The van der Waals surface area contributed by atoms with Crippen LogP contribution in [0.5, 0.6) is 11.5 Å². The van der Waals surface area contributed by atoms with Crippen molar-refractivity contribution in [2.45, 2.75) is 45.1 Å². The monoisotopic (exact) mass is 594 g/mol. The quantitative estimate of drug-likeness (QED) is 0.0817. The lowest BCUT2D eigenvalue weighted by molar-refractivity contribution is -0.137. The first-order chi connectivity index (χ1) is 21.4. The largest absolute Gasteiger partial charge is 0.494 e. The third kappa shape index (κ3) is 9.46. The molecule has 4 aromatic rings. The lowest BCUT2D eigenvalue weighted by Crippen LogP contribution is -2.32. The summed E-state index contributed by atoms with van der Waals surface area (Å²) in [6.45, 7) is 3.06. The van der Waals surface area contributed by atoms with E-state index in [4.69, 9.17) is 9.47 Å². The minimum absolute atomic E-state index is 0.112. The van der Waals surface area contributed by atoms with Gasteiger partial charge in [0.1, 0.15) is 11.8 Å². The number of nitrogens with one attached hydrogen (secondary N) is 1. The van der Waals surface area contributed by atoms with E-state index in [2.05, 4.69) is 12.2 Å². The summed E-state index contributed by atoms with van der Waals surface area (Å²) in [5.74, 6) is -0.547. The van der Waals surface area contributed by atoms with Crippen LogP contribution in [0.25, 0.3) is 0 Å². The second-order valence-corrected chi connectivity index (χ2v) is 10.3. The number of anilines is 2. The van der Waals surface area contributed by atoms with Crippen LogP contribution in [0.15, 0.2) is 109 Å². The molecular formula is C36H38N2O6. The molecule has 1 unspecified atom stereocenters. The molecule has 0 saturated heterocycles. The Labute approximate surface area is 258 Å². The summed E-state index contributed by atoms with van der Waals surface area (Å²) < 4.78 is 11.5. The van der Waals surface area contributed by atoms with Crippen molar-refractivity contribution in [3.63, 3.8) is 0 Å². The van der Waals surface area contributed by atoms with Gasteiger partial charge in [-0.1, -0.05) is 74.0 Å². The third-order valence-electron chi connectivity index (χ3n) is 7.00. The molecule has 0 spiro atoms. The number of carbonyl (C=O) groups excluding carboxylic acids is 2. The zero-order valence-electron chi connectivity index (χ0n) is 24.9. The zero-order valence-corrected chi connectivity index (χ0v) is 24.9. The molecule has 8 heteroatoms. The van der Waals surface area contributed by atoms with E-state index in [0.717, 1.165) is 24.1 Å². The summed E-state index contributed by atoms with van der Waals surface area (Å²) in [6.07, 6.45) is 3.20. The van der Waals surface area contributed by atoms with Crippen molar-refractivity contribution in [2.24, 2.45) is 0 Å². The lowest BCUT2D eigenvalue weighted by Gasteiger charge is -2.23. The normalized spacial score (nSPS) is 11.3. The molecule has 4 rings (SSSR count). The van der Waals surface area contributed by atoms with E-state index in [1.54, 1.807) is 48.5 Å². The Morgan fingerprint density at radius 1 is 0.818 bits per heavy atom. The van der Waals surface area contributed by atoms with Gasteiger partial charge < -0.3 is 24.8 Å². The Bertz CT molecular complexity index is 1490. The Kier molecular flexibility index (Phi) is 11.9. The van der Waals surface area contributed by atoms with E-state index in [9.17, 15) is 19.5 Å². The number of carboxylic acid groups (broad SMARTS) is 1. The third-order valence-corrected chi connectivity index (χ3v) is 7.00. The molecule has 0 saturated carbocycles. The predicted octanol–water partition coefficient (Wildman–Crippen LogP) is 7.01. The maximum absolute atomic E-state index is 12.8. The molecule has 0 bridgehead atoms. The van der Waals surface area contributed by atoms with Crippen LogP contribution >= 0.6 is 0 Å². The zero-order chi connectivity index (χ0) is 31.1. The van der Waals surface area contributed by atoms with Crippen LogP contribution in [-0.2, 0) is 16.0 Å². The molecule has 0 aliphatic rings. The van der Waals surface area contributed by atoms with Gasteiger partial charge >= 0.3 is 11.9 Å². The molecule has 4 aromatic carbocycles. The van der Waals surface area contributed by atoms with Crippen molar-refractivity contribution in [1.82, 2.24) is 0 Å². The van der Waals surface area contributed by atoms with Crippen LogP contribution in [0.3, 0.4) is 0 Å². The molecular weight excluding hydrogens is 556 g/mol. The summed E-state index contributed by atoms with van der Waals surface area (Å²) in [7, 11) is 0. The number of unbranched alkanes of at least 4 members (excludes halogenated alkanes) is 1. The lowest BCUT2D eigenvalue weighted by atomic mass is 10.1. The van der Waals surface area contributed by atoms with Crippen molar-refractivity contribution in [3.05, 3.63) is 120 Å². The van der Waals surface area contributed by atoms with E-state index in [1.807, 2.05) is 65.6 Å². The number of hydrogen-bond donors (Lipinski definition) is 2. The number of nitrogens with zero attached hydrogens (tertiary/aromatic N) is 1. The van der Waals surface area contributed by atoms with E-state index in [-0.39, 0.29) is 18.1 Å². The number of benzene rings is 4. The Morgan fingerprint density at radius 3 is 2.16 bits per heavy atom. The van der Waals surface area contributed by atoms with Crippen LogP contribution in [0.4, 0.5) is 11.4 Å². The van der Waals surface area contributed by atoms with Crippen molar-refractivity contribution >= 4 is 29.2 Å². The topological polar surface area (TPSA) is 105 Å². The van der Waals surface area contributed by atoms with Crippen LogP contribution in [0, 0.1) is 0 Å². The number of aliphatic carboxylic acids is 1. The maximum Gasteiger partial charge on any atom is 0.343 e. The van der Waals surface area contributed by atoms with Crippen molar-refractivity contribution in [3.8, 4) is 11.5 Å². The summed E-state index contributed by atoms with van der Waals surface area (Å²) in [5.41, 5.74) is 2.49. The van der Waals surface area contributed by atoms with E-state index >= 15 is 0 Å². The number of hydrogen-bond acceptors (Lipinski definition) is 6. The number of esters is 1. The van der Waals surface area contributed by atoms with Gasteiger partial charge in [0.2, 0.25) is 5.91 Å². The van der Waals surface area contributed by atoms with Gasteiger partial charge in [-0.15, -0.1) is 0 Å². The molecule has 2 N–H and O–H groups in total. The number of rotatable bonds is 16. The molecule has 228 valence electrons. The molecule has 1 atom stereocenters. The number of ether oxygens (including phenoxy) is 2. The number of amides is 1. The highest BCUT2D eigenvalue weighted by molar-refractivity contribution is 5.93. The van der Waals surface area contributed by atoms with Crippen molar-refractivity contribution in [1.29, 1.82) is 0 Å². The minimum Gasteiger partial charge on any atom is -0.494 e. The molecule has 8 nitrogen and oxygen atoms in total. The van der Waals surface area contributed by atoms with E-state index in [1.165, 1.54) is 0 Å². The predicted molar refractivity (Wildman–Crippen MR) is 171 cm³/mol. The fraction of sp³-hybridized carbons (Fsp3) is 0.250. The smallest absolute Gasteiger partial charge is 0.343 e. The minimum atomic E-state index is -1.04. The average molecular weight is 595 g/mol. The van der Waals surface area contributed by atoms with Gasteiger partial charge in [-0.3, -0.25) is 4.79 Å². The van der Waals surface area contributed by atoms with E-state index < -0.39 is 18.0 Å². The SMILES string of the molecule is CCCCC(=O)N(CCCOc1ccc(CC(Nc2ccccc2OC(=O)c2ccccc2)C(=O)O)cc1)c1ccccc1. The Morgan fingerprint density at radius 2 is 1.48 bits per heavy atom. The molecule has 0 fully saturated rings. The number of para-hydroxylation sites is 3. The summed E-state index contributed by atoms with van der Waals surface area (Å²) in [5, 5.41) is 12.9. The first-order valence-corrected chi connectivity index (χ1v) is 14.9. The number of carbonyl (C=O) groups is 3. The van der Waals surface area contributed by atoms with E-state index in [0.29, 0.717) is 43.0 Å². The first kappa shape index (κ1) is 31.8. The highest BCUT2D eigenvalue weighted by Gasteiger charge is 2.21. The van der Waals surface area contributed by atoms with Gasteiger partial charge in [-0.25, -0.2) is 9.59 Å². The highest BCUT2D eigenvalue weighted by Crippen LogP contribution is 2.26. The van der Waals surface area contributed by atoms with Gasteiger partial charge in [0, 0.05) is 25.1 Å². The van der Waals surface area contributed by atoms with Gasteiger partial charge in [0.25, 0.3) is 0 Å². The van der Waals surface area contributed by atoms with Crippen LogP contribution in [0.1, 0.15) is 48.5 Å². The fourth-order valence-electron chi connectivity index (χ4n) is 4.63. The summed E-state index contributed by atoms with van der Waals surface area (Å²) in [4.78, 5) is 39.3. The van der Waals surface area contributed by atoms with Crippen LogP contribution < -0.4 is 19.7 Å². The Hall–Kier alpha value is -5.11. The second kappa shape index (κ2) is 16.5. The standard InChI is InChI=1S/C36H38N2O6/c1-2-3-19-34(39)38(29-15-8-5-9-16-29)24-12-25-43-30-22-20-27(21-23-30)26-32(35(40)41)37-31-17-10-11-18-33(31)44-36(42)28-13-6-4-7-14-28/h4-11,13-18,20-23,32,37H,2-3,12,19,24-26H2,1H3,(H,40,41). The van der Waals surface area contributed by atoms with Gasteiger partial charge in [-0.2, -0.15) is 0 Å². The van der Waals surface area contributed by atoms with Gasteiger partial charge in [0.05, 0.1) is 17.9 Å². The fourth-order valence-corrected chi connectivity index (χ4v) is 4.63. The van der Waals surface area contributed by atoms with Crippen molar-refractivity contribution < 1.29 is 29.0 Å². The maximum atomic E-state index is 12.8. The Balaban J connectivity index is 1.31. The second-order valence-electron chi connectivity index (χ2n) is 10.3. The molecule has 44 heavy (non-hydrogen) atoms. The van der Waals surface area contributed by atoms with Crippen LogP contribution in [-0.4, -0.2) is 42.1 Å². The van der Waals surface area contributed by atoms with Crippen molar-refractivity contribution in [2.75, 3.05) is 23.4 Å². The molecule has 0 heterocycles. The molecule has 0 aliphatic carbocycles. The molecule has 1 amide bonds. The van der Waals surface area contributed by atoms with Crippen LogP contribution in [0.2, 0.25) is 0 Å². The molecule has 0 radical (unpaired) electrons. The highest BCUT2D eigenvalue weighted by atomic mass is 16.5. The van der Waals surface area contributed by atoms with Gasteiger partial charge in [-0.05, 0) is 66.9 Å². The van der Waals surface area contributed by atoms with Gasteiger partial charge in [0.15, 0.2) is 5.75 Å².